The summed E-state index contributed by atoms with van der Waals surface area (Å²) in [6.07, 6.45) is 4.10. The Labute approximate surface area is 167 Å². The number of rotatable bonds is 7. The predicted molar refractivity (Wildman–Crippen MR) is 109 cm³/mol. The van der Waals surface area contributed by atoms with Crippen LogP contribution in [0.1, 0.15) is 12.1 Å². The van der Waals surface area contributed by atoms with E-state index in [0.29, 0.717) is 18.2 Å². The third-order valence-electron chi connectivity index (χ3n) is 4.59. The van der Waals surface area contributed by atoms with Gasteiger partial charge in [0.15, 0.2) is 5.82 Å². The van der Waals surface area contributed by atoms with Gasteiger partial charge < -0.3 is 25.8 Å². The van der Waals surface area contributed by atoms with E-state index in [4.69, 9.17) is 9.84 Å². The first-order chi connectivity index (χ1) is 14.3. The van der Waals surface area contributed by atoms with Crippen molar-refractivity contribution in [3.8, 4) is 11.9 Å². The number of fused-ring (bicyclic) bond motifs is 1. The molecule has 9 heteroatoms. The Morgan fingerprint density at radius 2 is 2.21 bits per heavy atom. The molecule has 0 saturated carbocycles. The standard InChI is InChI=1S/C20H21N7O2/c21-9-17-20(29-14-4-5-22-10-14)27-19(12-24-17)26-18-8-13-2-1-3-16(23-6-7-28)15(13)11-25-18/h1-3,8,11-12,14,22-23,28H,4-7,10H2,(H,25,26,27). The highest BCUT2D eigenvalue weighted by Crippen LogP contribution is 2.26. The van der Waals surface area contributed by atoms with Crippen LogP contribution in [0.25, 0.3) is 10.8 Å². The molecular weight excluding hydrogens is 370 g/mol. The zero-order valence-electron chi connectivity index (χ0n) is 15.7. The van der Waals surface area contributed by atoms with Crippen LogP contribution in [0.2, 0.25) is 0 Å². The molecule has 0 amide bonds. The number of hydrogen-bond acceptors (Lipinski definition) is 9. The highest BCUT2D eigenvalue weighted by atomic mass is 16.5. The van der Waals surface area contributed by atoms with Crippen molar-refractivity contribution in [3.63, 3.8) is 0 Å². The summed E-state index contributed by atoms with van der Waals surface area (Å²) < 4.78 is 5.85. The molecule has 4 N–H and O–H groups in total. The van der Waals surface area contributed by atoms with Crippen molar-refractivity contribution >= 4 is 28.1 Å². The van der Waals surface area contributed by atoms with E-state index in [0.717, 1.165) is 36.0 Å². The predicted octanol–water partition coefficient (Wildman–Crippen LogP) is 1.78. The second kappa shape index (κ2) is 8.68. The summed E-state index contributed by atoms with van der Waals surface area (Å²) in [5.74, 6) is 1.28. The number of aliphatic hydroxyl groups excluding tert-OH is 1. The van der Waals surface area contributed by atoms with Gasteiger partial charge >= 0.3 is 0 Å². The van der Waals surface area contributed by atoms with Gasteiger partial charge in [0.25, 0.3) is 5.88 Å². The Bertz CT molecular complexity index is 1040. The van der Waals surface area contributed by atoms with Gasteiger partial charge in [-0.05, 0) is 30.5 Å². The minimum atomic E-state index is -0.0183. The van der Waals surface area contributed by atoms with Crippen molar-refractivity contribution in [2.24, 2.45) is 0 Å². The van der Waals surface area contributed by atoms with E-state index in [-0.39, 0.29) is 24.3 Å². The molecule has 1 atom stereocenters. The van der Waals surface area contributed by atoms with Crippen LogP contribution in [0.5, 0.6) is 5.88 Å². The second-order valence-electron chi connectivity index (χ2n) is 6.63. The summed E-state index contributed by atoms with van der Waals surface area (Å²) >= 11 is 0. The number of aromatic nitrogens is 3. The maximum atomic E-state index is 9.28. The van der Waals surface area contributed by atoms with E-state index in [2.05, 4.69) is 30.9 Å². The molecule has 1 aliphatic rings. The van der Waals surface area contributed by atoms with Gasteiger partial charge in [-0.3, -0.25) is 0 Å². The van der Waals surface area contributed by atoms with Crippen LogP contribution >= 0.6 is 0 Å². The fourth-order valence-electron chi connectivity index (χ4n) is 3.19. The molecule has 0 radical (unpaired) electrons. The van der Waals surface area contributed by atoms with Crippen LogP contribution in [0, 0.1) is 11.3 Å². The number of pyridine rings is 1. The number of hydrogen-bond donors (Lipinski definition) is 4. The maximum Gasteiger partial charge on any atom is 0.253 e. The number of nitrogens with zero attached hydrogens (tertiary/aromatic N) is 4. The number of anilines is 3. The fourth-order valence-corrected chi connectivity index (χ4v) is 3.19. The first-order valence-electron chi connectivity index (χ1n) is 9.42. The van der Waals surface area contributed by atoms with Crippen molar-refractivity contribution < 1.29 is 9.84 Å². The average Bonchev–Trinajstić information content (AvgIpc) is 3.25. The Hall–Kier alpha value is -3.48. The highest BCUT2D eigenvalue weighted by Gasteiger charge is 2.19. The quantitative estimate of drug-likeness (QED) is 0.476. The minimum Gasteiger partial charge on any atom is -0.471 e. The number of ether oxygens (including phenoxy) is 1. The van der Waals surface area contributed by atoms with Gasteiger partial charge in [0.2, 0.25) is 5.69 Å². The van der Waals surface area contributed by atoms with E-state index in [1.54, 1.807) is 6.20 Å². The Balaban J connectivity index is 1.57. The second-order valence-corrected chi connectivity index (χ2v) is 6.63. The van der Waals surface area contributed by atoms with Gasteiger partial charge in [-0.15, -0.1) is 0 Å². The summed E-state index contributed by atoms with van der Waals surface area (Å²) in [6, 6.07) is 9.79. The van der Waals surface area contributed by atoms with Gasteiger partial charge in [0, 0.05) is 30.4 Å². The summed E-state index contributed by atoms with van der Waals surface area (Å²) in [6.45, 7) is 2.14. The number of aliphatic hydroxyl groups is 1. The molecule has 0 aliphatic carbocycles. The number of nitrogens with one attached hydrogen (secondary N) is 3. The van der Waals surface area contributed by atoms with Gasteiger partial charge in [0.05, 0.1) is 12.8 Å². The van der Waals surface area contributed by atoms with Crippen molar-refractivity contribution in [1.29, 1.82) is 5.26 Å². The summed E-state index contributed by atoms with van der Waals surface area (Å²) in [7, 11) is 0. The van der Waals surface area contributed by atoms with Crippen LogP contribution in [-0.2, 0) is 0 Å². The molecular formula is C20H21N7O2. The number of nitriles is 1. The Kier molecular flexibility index (Phi) is 5.65. The van der Waals surface area contributed by atoms with Crippen LogP contribution in [0.15, 0.2) is 36.7 Å². The lowest BCUT2D eigenvalue weighted by molar-refractivity contribution is 0.212. The molecule has 1 saturated heterocycles. The number of benzene rings is 1. The van der Waals surface area contributed by atoms with Crippen molar-refractivity contribution in [2.45, 2.75) is 12.5 Å². The lowest BCUT2D eigenvalue weighted by Crippen LogP contribution is -2.21. The van der Waals surface area contributed by atoms with E-state index in [1.807, 2.05) is 30.3 Å². The molecule has 3 heterocycles. The summed E-state index contributed by atoms with van der Waals surface area (Å²) in [4.78, 5) is 13.0. The minimum absolute atomic E-state index is 0.0183. The average molecular weight is 391 g/mol. The lowest BCUT2D eigenvalue weighted by atomic mass is 10.1. The van der Waals surface area contributed by atoms with Gasteiger partial charge in [-0.1, -0.05) is 12.1 Å². The van der Waals surface area contributed by atoms with E-state index in [9.17, 15) is 5.26 Å². The third kappa shape index (κ3) is 4.34. The SMILES string of the molecule is N#Cc1ncc(Nc2cc3cccc(NCCO)c3cn2)nc1OC1CCNC1. The Morgan fingerprint density at radius 1 is 1.28 bits per heavy atom. The zero-order chi connectivity index (χ0) is 20.1. The lowest BCUT2D eigenvalue weighted by Gasteiger charge is -2.14. The highest BCUT2D eigenvalue weighted by molar-refractivity contribution is 5.94. The van der Waals surface area contributed by atoms with Crippen molar-refractivity contribution in [2.75, 3.05) is 36.9 Å². The molecule has 9 nitrogen and oxygen atoms in total. The van der Waals surface area contributed by atoms with E-state index >= 15 is 0 Å². The molecule has 148 valence electrons. The monoisotopic (exact) mass is 391 g/mol. The Morgan fingerprint density at radius 3 is 3.00 bits per heavy atom. The van der Waals surface area contributed by atoms with Gasteiger partial charge in [-0.2, -0.15) is 10.2 Å². The topological polar surface area (TPSA) is 128 Å². The molecule has 1 aliphatic heterocycles. The largest absolute Gasteiger partial charge is 0.471 e. The molecule has 0 bridgehead atoms. The van der Waals surface area contributed by atoms with Crippen molar-refractivity contribution in [1.82, 2.24) is 20.3 Å². The molecule has 1 fully saturated rings. The van der Waals surface area contributed by atoms with Crippen LogP contribution in [0.3, 0.4) is 0 Å². The van der Waals surface area contributed by atoms with Crippen LogP contribution in [-0.4, -0.2) is 52.4 Å². The van der Waals surface area contributed by atoms with E-state index < -0.39 is 0 Å². The molecule has 4 rings (SSSR count). The normalized spacial score (nSPS) is 15.8. The first-order valence-corrected chi connectivity index (χ1v) is 9.42. The molecule has 0 spiro atoms. The van der Waals surface area contributed by atoms with Gasteiger partial charge in [-0.25, -0.2) is 9.97 Å². The zero-order valence-corrected chi connectivity index (χ0v) is 15.7. The van der Waals surface area contributed by atoms with E-state index in [1.165, 1.54) is 6.20 Å². The molecule has 2 aromatic heterocycles. The third-order valence-corrected chi connectivity index (χ3v) is 4.59. The first kappa shape index (κ1) is 18.9. The van der Waals surface area contributed by atoms with Crippen LogP contribution in [0.4, 0.5) is 17.3 Å². The smallest absolute Gasteiger partial charge is 0.253 e. The van der Waals surface area contributed by atoms with Gasteiger partial charge in [0.1, 0.15) is 18.0 Å². The maximum absolute atomic E-state index is 9.28. The molecule has 1 aromatic carbocycles. The molecule has 3 aromatic rings. The van der Waals surface area contributed by atoms with Crippen LogP contribution < -0.4 is 20.7 Å². The summed E-state index contributed by atoms with van der Waals surface area (Å²) in [5, 5.41) is 29.8. The fraction of sp³-hybridized carbons (Fsp3) is 0.300. The van der Waals surface area contributed by atoms with Crippen molar-refractivity contribution in [3.05, 3.63) is 42.4 Å². The molecule has 1 unspecified atom stereocenters. The summed E-state index contributed by atoms with van der Waals surface area (Å²) in [5.41, 5.74) is 1.07. The molecule has 29 heavy (non-hydrogen) atoms.